The molecule has 3 heteroatoms. The van der Waals surface area contributed by atoms with Gasteiger partial charge in [-0.25, -0.2) is 4.79 Å². The van der Waals surface area contributed by atoms with Crippen LogP contribution in [0.3, 0.4) is 0 Å². The third kappa shape index (κ3) is 2.50. The van der Waals surface area contributed by atoms with E-state index >= 15 is 0 Å². The van der Waals surface area contributed by atoms with Gasteiger partial charge in [-0.1, -0.05) is 42.5 Å². The highest BCUT2D eigenvalue weighted by Gasteiger charge is 2.15. The van der Waals surface area contributed by atoms with E-state index in [1.54, 1.807) is 18.2 Å². The Morgan fingerprint density at radius 2 is 1.79 bits per heavy atom. The Morgan fingerprint density at radius 3 is 2.47 bits per heavy atom. The van der Waals surface area contributed by atoms with Crippen molar-refractivity contribution in [2.45, 2.75) is 6.42 Å². The Hall–Kier alpha value is -2.55. The Morgan fingerprint density at radius 1 is 1.11 bits per heavy atom. The first-order valence-electron chi connectivity index (χ1n) is 5.89. The maximum atomic E-state index is 11.0. The first-order valence-corrected chi connectivity index (χ1v) is 5.89. The summed E-state index contributed by atoms with van der Waals surface area (Å²) in [6, 6.07) is 12.3. The largest absolute Gasteiger partial charge is 0.506 e. The molecular formula is C16H14O3. The predicted octanol–water partition coefficient (Wildman–Crippen LogP) is 3.49. The van der Waals surface area contributed by atoms with Gasteiger partial charge < -0.3 is 10.2 Å². The molecule has 0 aliphatic heterocycles. The lowest BCUT2D eigenvalue weighted by atomic mass is 9.95. The van der Waals surface area contributed by atoms with E-state index < -0.39 is 5.97 Å². The molecule has 0 bridgehead atoms. The Kier molecular flexibility index (Phi) is 3.66. The topological polar surface area (TPSA) is 57.5 Å². The van der Waals surface area contributed by atoms with Gasteiger partial charge in [0.1, 0.15) is 11.3 Å². The molecule has 0 heterocycles. The summed E-state index contributed by atoms with van der Waals surface area (Å²) in [4.78, 5) is 11.0. The van der Waals surface area contributed by atoms with E-state index in [9.17, 15) is 9.90 Å². The molecule has 0 aromatic heterocycles. The number of aromatic hydroxyl groups is 1. The van der Waals surface area contributed by atoms with Crippen LogP contribution in [0.15, 0.2) is 55.1 Å². The van der Waals surface area contributed by atoms with Gasteiger partial charge in [0, 0.05) is 5.56 Å². The van der Waals surface area contributed by atoms with Gasteiger partial charge in [-0.15, -0.1) is 6.58 Å². The van der Waals surface area contributed by atoms with Crippen molar-refractivity contribution in [1.29, 1.82) is 0 Å². The van der Waals surface area contributed by atoms with Crippen LogP contribution in [0.1, 0.15) is 15.9 Å². The van der Waals surface area contributed by atoms with E-state index in [2.05, 4.69) is 6.58 Å². The number of carbonyl (C=O) groups is 1. The standard InChI is InChI=1S/C16H14O3/c1-2-6-11-7-3-4-8-12(11)13-9-5-10-14(15(13)17)16(18)19/h2-5,7-10,17H,1,6H2,(H,18,19). The van der Waals surface area contributed by atoms with Crippen LogP contribution in [-0.2, 0) is 6.42 Å². The van der Waals surface area contributed by atoms with Crippen LogP contribution in [0.2, 0.25) is 0 Å². The van der Waals surface area contributed by atoms with Crippen molar-refractivity contribution in [3.63, 3.8) is 0 Å². The number of carboxylic acid groups (broad SMARTS) is 1. The van der Waals surface area contributed by atoms with Crippen LogP contribution in [0.25, 0.3) is 11.1 Å². The van der Waals surface area contributed by atoms with Crippen molar-refractivity contribution in [3.05, 3.63) is 66.2 Å². The highest BCUT2D eigenvalue weighted by atomic mass is 16.4. The molecule has 2 aromatic rings. The number of hydrogen-bond donors (Lipinski definition) is 2. The summed E-state index contributed by atoms with van der Waals surface area (Å²) >= 11 is 0. The molecule has 0 saturated heterocycles. The third-order valence-electron chi connectivity index (χ3n) is 2.94. The molecule has 0 aliphatic rings. The van der Waals surface area contributed by atoms with Crippen molar-refractivity contribution < 1.29 is 15.0 Å². The van der Waals surface area contributed by atoms with Gasteiger partial charge in [-0.05, 0) is 23.6 Å². The summed E-state index contributed by atoms with van der Waals surface area (Å²) in [5, 5.41) is 19.1. The molecule has 0 saturated carbocycles. The molecule has 0 spiro atoms. The summed E-state index contributed by atoms with van der Waals surface area (Å²) in [6.45, 7) is 3.70. The second-order valence-corrected chi connectivity index (χ2v) is 4.16. The highest BCUT2D eigenvalue weighted by molar-refractivity contribution is 5.94. The zero-order valence-electron chi connectivity index (χ0n) is 10.3. The van der Waals surface area contributed by atoms with Crippen LogP contribution in [0.4, 0.5) is 0 Å². The van der Waals surface area contributed by atoms with Crippen LogP contribution in [0, 0.1) is 0 Å². The first kappa shape index (κ1) is 12.9. The first-order chi connectivity index (χ1) is 9.15. The minimum absolute atomic E-state index is 0.0918. The smallest absolute Gasteiger partial charge is 0.339 e. The zero-order valence-corrected chi connectivity index (χ0v) is 10.3. The fourth-order valence-electron chi connectivity index (χ4n) is 2.05. The lowest BCUT2D eigenvalue weighted by Gasteiger charge is -2.11. The maximum Gasteiger partial charge on any atom is 0.339 e. The van der Waals surface area contributed by atoms with Crippen molar-refractivity contribution in [1.82, 2.24) is 0 Å². The number of phenols is 1. The maximum absolute atomic E-state index is 11.0. The summed E-state index contributed by atoms with van der Waals surface area (Å²) in [6.07, 6.45) is 2.43. The zero-order chi connectivity index (χ0) is 13.8. The van der Waals surface area contributed by atoms with Crippen molar-refractivity contribution in [2.75, 3.05) is 0 Å². The summed E-state index contributed by atoms with van der Waals surface area (Å²) in [5.74, 6) is -1.34. The van der Waals surface area contributed by atoms with Gasteiger partial charge in [0.05, 0.1) is 0 Å². The molecule has 0 fully saturated rings. The minimum atomic E-state index is -1.14. The average Bonchev–Trinajstić information content (AvgIpc) is 2.40. The second-order valence-electron chi connectivity index (χ2n) is 4.16. The molecule has 0 aliphatic carbocycles. The Bertz CT molecular complexity index is 630. The minimum Gasteiger partial charge on any atom is -0.506 e. The predicted molar refractivity (Wildman–Crippen MR) is 74.4 cm³/mol. The monoisotopic (exact) mass is 254 g/mol. The van der Waals surface area contributed by atoms with Gasteiger partial charge in [0.2, 0.25) is 0 Å². The van der Waals surface area contributed by atoms with E-state index in [0.717, 1.165) is 11.1 Å². The number of carboxylic acids is 1. The number of allylic oxidation sites excluding steroid dienone is 1. The highest BCUT2D eigenvalue weighted by Crippen LogP contribution is 2.34. The summed E-state index contributed by atoms with van der Waals surface area (Å²) < 4.78 is 0. The third-order valence-corrected chi connectivity index (χ3v) is 2.94. The normalized spacial score (nSPS) is 10.1. The van der Waals surface area contributed by atoms with Crippen molar-refractivity contribution in [3.8, 4) is 16.9 Å². The van der Waals surface area contributed by atoms with E-state index in [1.807, 2.05) is 24.3 Å². The quantitative estimate of drug-likeness (QED) is 0.821. The second kappa shape index (κ2) is 5.40. The Balaban J connectivity index is 2.62. The lowest BCUT2D eigenvalue weighted by Crippen LogP contribution is -1.98. The molecule has 2 rings (SSSR count). The number of aromatic carboxylic acids is 1. The summed E-state index contributed by atoms with van der Waals surface area (Å²) in [5.41, 5.74) is 2.25. The number of benzene rings is 2. The van der Waals surface area contributed by atoms with E-state index in [4.69, 9.17) is 5.11 Å². The van der Waals surface area contributed by atoms with E-state index in [0.29, 0.717) is 12.0 Å². The van der Waals surface area contributed by atoms with E-state index in [-0.39, 0.29) is 11.3 Å². The molecule has 2 N–H and O–H groups in total. The molecule has 3 nitrogen and oxygen atoms in total. The number of para-hydroxylation sites is 1. The summed E-state index contributed by atoms with van der Waals surface area (Å²) in [7, 11) is 0. The van der Waals surface area contributed by atoms with Crippen molar-refractivity contribution in [2.24, 2.45) is 0 Å². The van der Waals surface area contributed by atoms with Gasteiger partial charge >= 0.3 is 5.97 Å². The number of rotatable bonds is 4. The SMILES string of the molecule is C=CCc1ccccc1-c1cccc(C(=O)O)c1O. The van der Waals surface area contributed by atoms with Gasteiger partial charge in [0.15, 0.2) is 0 Å². The fraction of sp³-hybridized carbons (Fsp3) is 0.0625. The van der Waals surface area contributed by atoms with Crippen LogP contribution in [0.5, 0.6) is 5.75 Å². The lowest BCUT2D eigenvalue weighted by molar-refractivity contribution is 0.0694. The van der Waals surface area contributed by atoms with E-state index in [1.165, 1.54) is 6.07 Å². The molecule has 0 amide bonds. The Labute approximate surface area is 111 Å². The molecule has 0 atom stereocenters. The molecule has 0 unspecified atom stereocenters. The molecule has 0 radical (unpaired) electrons. The van der Waals surface area contributed by atoms with Crippen LogP contribution < -0.4 is 0 Å². The van der Waals surface area contributed by atoms with Gasteiger partial charge in [-0.2, -0.15) is 0 Å². The average molecular weight is 254 g/mol. The van der Waals surface area contributed by atoms with Gasteiger partial charge in [0.25, 0.3) is 0 Å². The van der Waals surface area contributed by atoms with Gasteiger partial charge in [-0.3, -0.25) is 0 Å². The van der Waals surface area contributed by atoms with Crippen molar-refractivity contribution >= 4 is 5.97 Å². The molecule has 19 heavy (non-hydrogen) atoms. The van der Waals surface area contributed by atoms with Crippen LogP contribution in [-0.4, -0.2) is 16.2 Å². The molecule has 2 aromatic carbocycles. The number of hydrogen-bond acceptors (Lipinski definition) is 2. The fourth-order valence-corrected chi connectivity index (χ4v) is 2.05. The molecular weight excluding hydrogens is 240 g/mol. The molecule has 96 valence electrons. The van der Waals surface area contributed by atoms with Crippen LogP contribution >= 0.6 is 0 Å².